The average molecular weight is 313 g/mol. The molecule has 5 heteroatoms. The summed E-state index contributed by atoms with van der Waals surface area (Å²) in [7, 11) is 0. The van der Waals surface area contributed by atoms with Crippen LogP contribution in [0.2, 0.25) is 10.0 Å². The lowest BCUT2D eigenvalue weighted by Gasteiger charge is -2.18. The molecular formula is C15H18Cl2N2O. The van der Waals surface area contributed by atoms with Gasteiger partial charge in [-0.05, 0) is 38.0 Å². The van der Waals surface area contributed by atoms with Gasteiger partial charge in [0.1, 0.15) is 5.76 Å². The van der Waals surface area contributed by atoms with Crippen LogP contribution in [0.4, 0.5) is 0 Å². The maximum atomic E-state index is 6.08. The highest BCUT2D eigenvalue weighted by molar-refractivity contribution is 6.42. The summed E-state index contributed by atoms with van der Waals surface area (Å²) >= 11 is 12.0. The molecule has 0 radical (unpaired) electrons. The number of rotatable bonds is 5. The van der Waals surface area contributed by atoms with Crippen molar-refractivity contribution in [2.24, 2.45) is 0 Å². The Bertz CT molecular complexity index is 576. The summed E-state index contributed by atoms with van der Waals surface area (Å²) in [4.78, 5) is 0. The zero-order chi connectivity index (χ0) is 14.7. The van der Waals surface area contributed by atoms with Crippen LogP contribution in [0.5, 0.6) is 0 Å². The predicted octanol–water partition coefficient (Wildman–Crippen LogP) is 4.84. The van der Waals surface area contributed by atoms with Crippen molar-refractivity contribution >= 4 is 23.2 Å². The van der Waals surface area contributed by atoms with Gasteiger partial charge in [0.15, 0.2) is 0 Å². The third kappa shape index (κ3) is 3.35. The molecule has 20 heavy (non-hydrogen) atoms. The standard InChI is InChI=1S/C15H18Cl2N2O/c1-4-15(11-5-6-13(16)14(17)7-11)18-8-12-9(2)19-20-10(12)3/h5-7,15,18H,4,8H2,1-3H3. The van der Waals surface area contributed by atoms with Crippen molar-refractivity contribution in [3.8, 4) is 0 Å². The number of aryl methyl sites for hydroxylation is 2. The highest BCUT2D eigenvalue weighted by atomic mass is 35.5. The Morgan fingerprint density at radius 1 is 1.25 bits per heavy atom. The lowest BCUT2D eigenvalue weighted by Crippen LogP contribution is -2.20. The van der Waals surface area contributed by atoms with Crippen LogP contribution in [-0.4, -0.2) is 5.16 Å². The Balaban J connectivity index is 2.11. The van der Waals surface area contributed by atoms with Crippen LogP contribution in [0.3, 0.4) is 0 Å². The molecule has 1 unspecified atom stereocenters. The van der Waals surface area contributed by atoms with Crippen molar-refractivity contribution in [2.75, 3.05) is 0 Å². The minimum atomic E-state index is 0.221. The zero-order valence-electron chi connectivity index (χ0n) is 11.8. The molecule has 0 fully saturated rings. The summed E-state index contributed by atoms with van der Waals surface area (Å²) in [5, 5.41) is 8.64. The SMILES string of the molecule is CCC(NCc1c(C)noc1C)c1ccc(Cl)c(Cl)c1. The molecule has 1 atom stereocenters. The van der Waals surface area contributed by atoms with Crippen LogP contribution in [0.15, 0.2) is 22.7 Å². The molecule has 0 aliphatic rings. The second-order valence-corrected chi connectivity index (χ2v) is 5.63. The van der Waals surface area contributed by atoms with Crippen LogP contribution in [-0.2, 0) is 6.54 Å². The van der Waals surface area contributed by atoms with E-state index in [0.29, 0.717) is 10.0 Å². The van der Waals surface area contributed by atoms with Crippen molar-refractivity contribution in [1.29, 1.82) is 0 Å². The van der Waals surface area contributed by atoms with Gasteiger partial charge in [0, 0.05) is 18.2 Å². The molecule has 0 amide bonds. The predicted molar refractivity (Wildman–Crippen MR) is 82.3 cm³/mol. The highest BCUT2D eigenvalue weighted by Gasteiger charge is 2.14. The third-order valence-corrected chi connectivity index (χ3v) is 4.20. The van der Waals surface area contributed by atoms with Gasteiger partial charge in [-0.2, -0.15) is 0 Å². The van der Waals surface area contributed by atoms with Crippen LogP contribution < -0.4 is 5.32 Å². The normalized spacial score (nSPS) is 12.7. The average Bonchev–Trinajstić information content (AvgIpc) is 2.74. The van der Waals surface area contributed by atoms with Gasteiger partial charge in [0.05, 0.1) is 15.7 Å². The van der Waals surface area contributed by atoms with E-state index >= 15 is 0 Å². The molecule has 1 aromatic carbocycles. The molecule has 0 saturated heterocycles. The van der Waals surface area contributed by atoms with Crippen molar-refractivity contribution < 1.29 is 4.52 Å². The van der Waals surface area contributed by atoms with Gasteiger partial charge in [-0.25, -0.2) is 0 Å². The Kier molecular flexibility index (Phi) is 5.08. The molecular weight excluding hydrogens is 295 g/mol. The highest BCUT2D eigenvalue weighted by Crippen LogP contribution is 2.27. The van der Waals surface area contributed by atoms with E-state index in [1.807, 2.05) is 32.0 Å². The van der Waals surface area contributed by atoms with Gasteiger partial charge in [-0.3, -0.25) is 0 Å². The Morgan fingerprint density at radius 3 is 2.55 bits per heavy atom. The number of aromatic nitrogens is 1. The molecule has 108 valence electrons. The lowest BCUT2D eigenvalue weighted by molar-refractivity contribution is 0.391. The van der Waals surface area contributed by atoms with E-state index in [1.54, 1.807) is 0 Å². The third-order valence-electron chi connectivity index (χ3n) is 3.46. The minimum absolute atomic E-state index is 0.221. The topological polar surface area (TPSA) is 38.1 Å². The van der Waals surface area contributed by atoms with Crippen molar-refractivity contribution in [1.82, 2.24) is 10.5 Å². The van der Waals surface area contributed by atoms with E-state index in [9.17, 15) is 0 Å². The molecule has 2 rings (SSSR count). The largest absolute Gasteiger partial charge is 0.361 e. The fraction of sp³-hybridized carbons (Fsp3) is 0.400. The Morgan fingerprint density at radius 2 is 2.00 bits per heavy atom. The number of nitrogens with one attached hydrogen (secondary N) is 1. The summed E-state index contributed by atoms with van der Waals surface area (Å²) in [5.74, 6) is 0.860. The Hall–Kier alpha value is -1.03. The Labute approximate surface area is 129 Å². The quantitative estimate of drug-likeness (QED) is 0.858. The van der Waals surface area contributed by atoms with E-state index in [0.717, 1.165) is 35.5 Å². The number of halogens is 2. The number of hydrogen-bond donors (Lipinski definition) is 1. The number of benzene rings is 1. The molecule has 0 aliphatic heterocycles. The second kappa shape index (κ2) is 6.61. The monoisotopic (exact) mass is 312 g/mol. The smallest absolute Gasteiger partial charge is 0.138 e. The zero-order valence-corrected chi connectivity index (χ0v) is 13.3. The van der Waals surface area contributed by atoms with Crippen molar-refractivity contribution in [3.05, 3.63) is 50.8 Å². The first-order valence-electron chi connectivity index (χ1n) is 6.63. The van der Waals surface area contributed by atoms with Gasteiger partial charge < -0.3 is 9.84 Å². The molecule has 1 heterocycles. The van der Waals surface area contributed by atoms with Crippen LogP contribution >= 0.6 is 23.2 Å². The molecule has 1 N–H and O–H groups in total. The van der Waals surface area contributed by atoms with Crippen molar-refractivity contribution in [2.45, 2.75) is 39.8 Å². The minimum Gasteiger partial charge on any atom is -0.361 e. The van der Waals surface area contributed by atoms with E-state index in [1.165, 1.54) is 0 Å². The summed E-state index contributed by atoms with van der Waals surface area (Å²) in [6.07, 6.45) is 0.960. The van der Waals surface area contributed by atoms with Gasteiger partial charge >= 0.3 is 0 Å². The van der Waals surface area contributed by atoms with Gasteiger partial charge in [-0.15, -0.1) is 0 Å². The summed E-state index contributed by atoms with van der Waals surface area (Å²) in [6, 6.07) is 5.97. The number of hydrogen-bond acceptors (Lipinski definition) is 3. The molecule has 0 saturated carbocycles. The summed E-state index contributed by atoms with van der Waals surface area (Å²) in [6.45, 7) is 6.73. The first-order valence-corrected chi connectivity index (χ1v) is 7.38. The molecule has 1 aromatic heterocycles. The number of nitrogens with zero attached hydrogens (tertiary/aromatic N) is 1. The van der Waals surface area contributed by atoms with Crippen LogP contribution in [0, 0.1) is 13.8 Å². The van der Waals surface area contributed by atoms with E-state index in [-0.39, 0.29) is 6.04 Å². The second-order valence-electron chi connectivity index (χ2n) is 4.82. The van der Waals surface area contributed by atoms with Crippen LogP contribution in [0.1, 0.15) is 42.0 Å². The first-order chi connectivity index (χ1) is 9.52. The van der Waals surface area contributed by atoms with E-state index < -0.39 is 0 Å². The lowest BCUT2D eigenvalue weighted by atomic mass is 10.0. The first kappa shape index (κ1) is 15.4. The maximum Gasteiger partial charge on any atom is 0.138 e. The molecule has 0 aliphatic carbocycles. The van der Waals surface area contributed by atoms with Crippen LogP contribution in [0.25, 0.3) is 0 Å². The molecule has 3 nitrogen and oxygen atoms in total. The summed E-state index contributed by atoms with van der Waals surface area (Å²) in [5.41, 5.74) is 3.18. The van der Waals surface area contributed by atoms with Gasteiger partial charge in [0.25, 0.3) is 0 Å². The molecule has 2 aromatic rings. The summed E-state index contributed by atoms with van der Waals surface area (Å²) < 4.78 is 5.17. The van der Waals surface area contributed by atoms with Gasteiger partial charge in [0.2, 0.25) is 0 Å². The van der Waals surface area contributed by atoms with E-state index in [4.69, 9.17) is 27.7 Å². The fourth-order valence-corrected chi connectivity index (χ4v) is 2.51. The van der Waals surface area contributed by atoms with Gasteiger partial charge in [-0.1, -0.05) is 41.3 Å². The van der Waals surface area contributed by atoms with Crippen molar-refractivity contribution in [3.63, 3.8) is 0 Å². The molecule has 0 spiro atoms. The van der Waals surface area contributed by atoms with E-state index in [2.05, 4.69) is 17.4 Å². The fourth-order valence-electron chi connectivity index (χ4n) is 2.21. The maximum absolute atomic E-state index is 6.08. The molecule has 0 bridgehead atoms.